The van der Waals surface area contributed by atoms with Gasteiger partial charge in [-0.3, -0.25) is 0 Å². The van der Waals surface area contributed by atoms with Crippen molar-refractivity contribution in [3.63, 3.8) is 0 Å². The van der Waals surface area contributed by atoms with Crippen molar-refractivity contribution in [1.29, 1.82) is 0 Å². The Balaban J connectivity index is 1.81. The van der Waals surface area contributed by atoms with Gasteiger partial charge >= 0.3 is 0 Å². The lowest BCUT2D eigenvalue weighted by atomic mass is 10.2. The van der Waals surface area contributed by atoms with Gasteiger partial charge in [0.05, 0.1) is 0 Å². The molecule has 0 radical (unpaired) electrons. The molecule has 1 aliphatic carbocycles. The fraction of sp³-hybridized carbons (Fsp3) is 1.00. The first kappa shape index (κ1) is 9.05. The van der Waals surface area contributed by atoms with Gasteiger partial charge in [0.1, 0.15) is 0 Å². The van der Waals surface area contributed by atoms with Crippen LogP contribution in [-0.2, 0) is 0 Å². The van der Waals surface area contributed by atoms with E-state index in [0.717, 1.165) is 0 Å². The van der Waals surface area contributed by atoms with Crippen molar-refractivity contribution >= 4 is 0 Å². The zero-order valence-electron chi connectivity index (χ0n) is 7.95. The van der Waals surface area contributed by atoms with Crippen LogP contribution in [0.3, 0.4) is 0 Å². The Labute approximate surface area is 70.6 Å². The van der Waals surface area contributed by atoms with Gasteiger partial charge in [-0.15, -0.1) is 0 Å². The highest BCUT2D eigenvalue weighted by molar-refractivity contribution is 4.97. The third-order valence-electron chi connectivity index (χ3n) is 2.58. The molecule has 11 heavy (non-hydrogen) atoms. The summed E-state index contributed by atoms with van der Waals surface area (Å²) in [5.41, 5.74) is 0.548. The molecular weight excluding hydrogens is 134 g/mol. The summed E-state index contributed by atoms with van der Waals surface area (Å²) in [7, 11) is 0. The molecule has 0 bridgehead atoms. The summed E-state index contributed by atoms with van der Waals surface area (Å²) in [6.45, 7) is 5.82. The largest absolute Gasteiger partial charge is 0.312 e. The van der Waals surface area contributed by atoms with Gasteiger partial charge in [0.15, 0.2) is 0 Å². The molecule has 1 fully saturated rings. The summed E-state index contributed by atoms with van der Waals surface area (Å²) in [6, 6.07) is 0. The second-order valence-electron chi connectivity index (χ2n) is 4.05. The SMILES string of the molecule is CCCCCCNC1(C)CC1. The lowest BCUT2D eigenvalue weighted by molar-refractivity contribution is 0.510. The zero-order valence-corrected chi connectivity index (χ0v) is 7.95. The van der Waals surface area contributed by atoms with Gasteiger partial charge in [-0.1, -0.05) is 26.2 Å². The number of hydrogen-bond donors (Lipinski definition) is 1. The Kier molecular flexibility index (Phi) is 3.38. The van der Waals surface area contributed by atoms with Gasteiger partial charge in [0, 0.05) is 5.54 Å². The summed E-state index contributed by atoms with van der Waals surface area (Å²) in [5, 5.41) is 3.59. The molecule has 1 nitrogen and oxygen atoms in total. The van der Waals surface area contributed by atoms with E-state index >= 15 is 0 Å². The van der Waals surface area contributed by atoms with Crippen molar-refractivity contribution in [2.75, 3.05) is 6.54 Å². The molecule has 0 unspecified atom stereocenters. The van der Waals surface area contributed by atoms with Gasteiger partial charge in [-0.05, 0) is 32.7 Å². The van der Waals surface area contributed by atoms with E-state index in [9.17, 15) is 0 Å². The lowest BCUT2D eigenvalue weighted by Gasteiger charge is -2.10. The quantitative estimate of drug-likeness (QED) is 0.581. The summed E-state index contributed by atoms with van der Waals surface area (Å²) in [4.78, 5) is 0. The van der Waals surface area contributed by atoms with E-state index in [1.54, 1.807) is 0 Å². The maximum absolute atomic E-state index is 3.59. The van der Waals surface area contributed by atoms with Gasteiger partial charge in [-0.2, -0.15) is 0 Å². The number of hydrogen-bond acceptors (Lipinski definition) is 1. The van der Waals surface area contributed by atoms with Crippen molar-refractivity contribution < 1.29 is 0 Å². The minimum Gasteiger partial charge on any atom is -0.312 e. The molecule has 1 rings (SSSR count). The molecule has 0 aromatic heterocycles. The van der Waals surface area contributed by atoms with E-state index in [1.165, 1.54) is 45.1 Å². The number of rotatable bonds is 6. The van der Waals surface area contributed by atoms with Crippen LogP contribution in [0, 0.1) is 0 Å². The normalized spacial score (nSPS) is 20.2. The van der Waals surface area contributed by atoms with Crippen LogP contribution >= 0.6 is 0 Å². The highest BCUT2D eigenvalue weighted by Gasteiger charge is 2.35. The van der Waals surface area contributed by atoms with Crippen LogP contribution in [0.1, 0.15) is 52.4 Å². The molecular formula is C10H21N. The smallest absolute Gasteiger partial charge is 0.0154 e. The first-order valence-electron chi connectivity index (χ1n) is 5.02. The van der Waals surface area contributed by atoms with E-state index in [2.05, 4.69) is 19.2 Å². The fourth-order valence-corrected chi connectivity index (χ4v) is 1.31. The third kappa shape index (κ3) is 3.76. The number of unbranched alkanes of at least 4 members (excludes halogenated alkanes) is 3. The Morgan fingerprint density at radius 3 is 2.45 bits per heavy atom. The topological polar surface area (TPSA) is 12.0 Å². The molecule has 0 aliphatic heterocycles. The molecule has 0 saturated heterocycles. The summed E-state index contributed by atoms with van der Waals surface area (Å²) < 4.78 is 0. The van der Waals surface area contributed by atoms with E-state index in [0.29, 0.717) is 5.54 Å². The summed E-state index contributed by atoms with van der Waals surface area (Å²) >= 11 is 0. The molecule has 0 aromatic carbocycles. The molecule has 0 spiro atoms. The molecule has 66 valence electrons. The third-order valence-corrected chi connectivity index (χ3v) is 2.58. The lowest BCUT2D eigenvalue weighted by Crippen LogP contribution is -2.28. The van der Waals surface area contributed by atoms with Gasteiger partial charge in [-0.25, -0.2) is 0 Å². The minimum atomic E-state index is 0.548. The van der Waals surface area contributed by atoms with E-state index in [-0.39, 0.29) is 0 Å². The Morgan fingerprint density at radius 1 is 1.18 bits per heavy atom. The average Bonchev–Trinajstić information content (AvgIpc) is 2.69. The molecule has 1 N–H and O–H groups in total. The predicted molar refractivity (Wildman–Crippen MR) is 49.8 cm³/mol. The van der Waals surface area contributed by atoms with Crippen molar-refractivity contribution in [3.05, 3.63) is 0 Å². The average molecular weight is 155 g/mol. The van der Waals surface area contributed by atoms with Crippen molar-refractivity contribution in [1.82, 2.24) is 5.32 Å². The Morgan fingerprint density at radius 2 is 1.91 bits per heavy atom. The van der Waals surface area contributed by atoms with Crippen LogP contribution < -0.4 is 5.32 Å². The van der Waals surface area contributed by atoms with Crippen LogP contribution in [-0.4, -0.2) is 12.1 Å². The summed E-state index contributed by atoms with van der Waals surface area (Å²) in [6.07, 6.45) is 8.29. The van der Waals surface area contributed by atoms with Crippen molar-refractivity contribution in [2.24, 2.45) is 0 Å². The maximum atomic E-state index is 3.59. The molecule has 1 aliphatic rings. The van der Waals surface area contributed by atoms with Crippen molar-refractivity contribution in [3.8, 4) is 0 Å². The first-order chi connectivity index (χ1) is 5.27. The van der Waals surface area contributed by atoms with Crippen LogP contribution in [0.5, 0.6) is 0 Å². The predicted octanol–water partition coefficient (Wildman–Crippen LogP) is 2.71. The molecule has 1 heteroatoms. The van der Waals surface area contributed by atoms with E-state index in [4.69, 9.17) is 0 Å². The van der Waals surface area contributed by atoms with Crippen LogP contribution in [0.25, 0.3) is 0 Å². The standard InChI is InChI=1S/C10H21N/c1-3-4-5-6-9-11-10(2)7-8-10/h11H,3-9H2,1-2H3. The maximum Gasteiger partial charge on any atom is 0.0154 e. The van der Waals surface area contributed by atoms with Crippen LogP contribution in [0.15, 0.2) is 0 Å². The Bertz CT molecular complexity index is 105. The van der Waals surface area contributed by atoms with Crippen LogP contribution in [0.2, 0.25) is 0 Å². The van der Waals surface area contributed by atoms with Crippen molar-refractivity contribution in [2.45, 2.75) is 57.9 Å². The fourth-order valence-electron chi connectivity index (χ4n) is 1.31. The second kappa shape index (κ2) is 4.10. The highest BCUT2D eigenvalue weighted by atomic mass is 15.0. The van der Waals surface area contributed by atoms with Gasteiger partial charge in [0.25, 0.3) is 0 Å². The molecule has 0 aromatic rings. The van der Waals surface area contributed by atoms with E-state index in [1.807, 2.05) is 0 Å². The van der Waals surface area contributed by atoms with Crippen LogP contribution in [0.4, 0.5) is 0 Å². The zero-order chi connectivity index (χ0) is 8.16. The highest BCUT2D eigenvalue weighted by Crippen LogP contribution is 2.34. The monoisotopic (exact) mass is 155 g/mol. The second-order valence-corrected chi connectivity index (χ2v) is 4.05. The summed E-state index contributed by atoms with van der Waals surface area (Å²) in [5.74, 6) is 0. The Hall–Kier alpha value is -0.0400. The molecule has 1 saturated carbocycles. The molecule has 0 amide bonds. The van der Waals surface area contributed by atoms with E-state index < -0.39 is 0 Å². The first-order valence-corrected chi connectivity index (χ1v) is 5.02. The number of nitrogens with one attached hydrogen (secondary N) is 1. The van der Waals surface area contributed by atoms with Gasteiger partial charge in [0.2, 0.25) is 0 Å². The molecule has 0 atom stereocenters. The molecule has 0 heterocycles. The minimum absolute atomic E-state index is 0.548. The van der Waals surface area contributed by atoms with Gasteiger partial charge < -0.3 is 5.32 Å².